The van der Waals surface area contributed by atoms with E-state index in [1.165, 1.54) is 4.90 Å². The summed E-state index contributed by atoms with van der Waals surface area (Å²) in [6, 6.07) is 7.23. The maximum absolute atomic E-state index is 12.8. The van der Waals surface area contributed by atoms with E-state index in [9.17, 15) is 19.5 Å². The third-order valence-corrected chi connectivity index (χ3v) is 3.66. The van der Waals surface area contributed by atoms with Crippen LogP contribution in [0.25, 0.3) is 0 Å². The maximum Gasteiger partial charge on any atom is 0.326 e. The molecule has 25 heavy (non-hydrogen) atoms. The summed E-state index contributed by atoms with van der Waals surface area (Å²) in [6.45, 7) is 6.45. The summed E-state index contributed by atoms with van der Waals surface area (Å²) in [5, 5.41) is 9.37. The number of esters is 1. The summed E-state index contributed by atoms with van der Waals surface area (Å²) >= 11 is 0. The van der Waals surface area contributed by atoms with Gasteiger partial charge in [-0.2, -0.15) is 0 Å². The first kappa shape index (κ1) is 20.6. The van der Waals surface area contributed by atoms with E-state index in [0.29, 0.717) is 5.69 Å². The minimum atomic E-state index is -1.27. The molecule has 0 fully saturated rings. The lowest BCUT2D eigenvalue weighted by Gasteiger charge is -2.29. The van der Waals surface area contributed by atoms with Gasteiger partial charge < -0.3 is 15.6 Å². The number of nitrogens with two attached hydrogens (primary N) is 1. The van der Waals surface area contributed by atoms with Crippen LogP contribution in [0.15, 0.2) is 30.3 Å². The van der Waals surface area contributed by atoms with Gasteiger partial charge in [-0.25, -0.2) is 0 Å². The average Bonchev–Trinajstić information content (AvgIpc) is 2.51. The standard InChI is InChI=1S/C18H26N2O5/c1-11(2)15(18(23)24)16(19)17(22)20(10-14(21)25-12(3)4)13-8-6-5-7-9-13/h5-9,11-12,15-16H,10,19H2,1-4H3,(H,23,24)/t15?,16-/m0/s1. The van der Waals surface area contributed by atoms with Crippen molar-refractivity contribution in [3.63, 3.8) is 0 Å². The number of para-hydroxylation sites is 1. The molecule has 0 bridgehead atoms. The molecular weight excluding hydrogens is 324 g/mol. The molecule has 7 heteroatoms. The van der Waals surface area contributed by atoms with Gasteiger partial charge in [0.2, 0.25) is 5.91 Å². The minimum absolute atomic E-state index is 0.323. The molecule has 2 atom stereocenters. The molecule has 7 nitrogen and oxygen atoms in total. The number of hydrogen-bond acceptors (Lipinski definition) is 5. The van der Waals surface area contributed by atoms with E-state index in [0.717, 1.165) is 0 Å². The SMILES string of the molecule is CC(C)OC(=O)CN(C(=O)[C@@H](N)C(C(=O)O)C(C)C)c1ccccc1. The third-order valence-electron chi connectivity index (χ3n) is 3.66. The number of ether oxygens (including phenoxy) is 1. The molecule has 1 rings (SSSR count). The molecule has 0 saturated heterocycles. The van der Waals surface area contributed by atoms with Crippen molar-refractivity contribution in [1.82, 2.24) is 0 Å². The number of benzene rings is 1. The molecule has 3 N–H and O–H groups in total. The molecule has 0 aliphatic rings. The zero-order valence-electron chi connectivity index (χ0n) is 15.0. The summed E-state index contributed by atoms with van der Waals surface area (Å²) in [5.41, 5.74) is 6.41. The molecule has 0 aromatic heterocycles. The summed E-state index contributed by atoms with van der Waals surface area (Å²) in [7, 11) is 0. The van der Waals surface area contributed by atoms with E-state index in [4.69, 9.17) is 10.5 Å². The van der Waals surface area contributed by atoms with Gasteiger partial charge >= 0.3 is 11.9 Å². The first-order valence-corrected chi connectivity index (χ1v) is 8.19. The highest BCUT2D eigenvalue weighted by atomic mass is 16.5. The Balaban J connectivity index is 3.11. The van der Waals surface area contributed by atoms with E-state index in [1.54, 1.807) is 58.0 Å². The molecule has 0 spiro atoms. The third kappa shape index (κ3) is 5.86. The Kier molecular flexibility index (Phi) is 7.57. The number of hydrogen-bond donors (Lipinski definition) is 2. The first-order valence-electron chi connectivity index (χ1n) is 8.19. The van der Waals surface area contributed by atoms with E-state index < -0.39 is 29.8 Å². The Labute approximate surface area is 147 Å². The summed E-state index contributed by atoms with van der Waals surface area (Å²) in [5.74, 6) is -3.76. The fourth-order valence-corrected chi connectivity index (χ4v) is 2.52. The van der Waals surface area contributed by atoms with Crippen LogP contribution < -0.4 is 10.6 Å². The van der Waals surface area contributed by atoms with Gasteiger partial charge in [0.25, 0.3) is 0 Å². The number of amides is 1. The first-order chi connectivity index (χ1) is 11.6. The van der Waals surface area contributed by atoms with Crippen LogP contribution in [0, 0.1) is 11.8 Å². The van der Waals surface area contributed by atoms with Crippen LogP contribution in [0.4, 0.5) is 5.69 Å². The quantitative estimate of drug-likeness (QED) is 0.690. The maximum atomic E-state index is 12.8. The van der Waals surface area contributed by atoms with Crippen molar-refractivity contribution in [3.05, 3.63) is 30.3 Å². The van der Waals surface area contributed by atoms with Gasteiger partial charge in [0.05, 0.1) is 18.1 Å². The number of carbonyl (C=O) groups is 3. The van der Waals surface area contributed by atoms with Crippen molar-refractivity contribution in [2.75, 3.05) is 11.4 Å². The van der Waals surface area contributed by atoms with Crippen molar-refractivity contribution in [2.24, 2.45) is 17.6 Å². The molecule has 0 radical (unpaired) electrons. The van der Waals surface area contributed by atoms with Crippen LogP contribution in [0.3, 0.4) is 0 Å². The second-order valence-corrected chi connectivity index (χ2v) is 6.43. The van der Waals surface area contributed by atoms with Crippen LogP contribution in [0.1, 0.15) is 27.7 Å². The number of aliphatic carboxylic acids is 1. The smallest absolute Gasteiger partial charge is 0.326 e. The highest BCUT2D eigenvalue weighted by Gasteiger charge is 2.36. The summed E-state index contributed by atoms with van der Waals surface area (Å²) in [4.78, 5) is 37.5. The van der Waals surface area contributed by atoms with Crippen LogP contribution in [0.2, 0.25) is 0 Å². The van der Waals surface area contributed by atoms with Crippen molar-refractivity contribution in [2.45, 2.75) is 39.8 Å². The Bertz CT molecular complexity index is 601. The van der Waals surface area contributed by atoms with Gasteiger partial charge in [-0.3, -0.25) is 19.3 Å². The predicted molar refractivity (Wildman–Crippen MR) is 94.0 cm³/mol. The molecule has 1 aromatic carbocycles. The molecule has 1 aromatic rings. The lowest BCUT2D eigenvalue weighted by molar-refractivity contribution is -0.147. The molecular formula is C18H26N2O5. The molecule has 0 aliphatic heterocycles. The Morgan fingerprint density at radius 1 is 1.12 bits per heavy atom. The van der Waals surface area contributed by atoms with Crippen molar-refractivity contribution >= 4 is 23.5 Å². The van der Waals surface area contributed by atoms with E-state index in [-0.39, 0.29) is 18.6 Å². The van der Waals surface area contributed by atoms with Crippen LogP contribution in [-0.2, 0) is 19.1 Å². The summed E-state index contributed by atoms with van der Waals surface area (Å²) in [6.07, 6.45) is -0.323. The predicted octanol–water partition coefficient (Wildman–Crippen LogP) is 1.66. The van der Waals surface area contributed by atoms with Crippen molar-refractivity contribution < 1.29 is 24.2 Å². The fourth-order valence-electron chi connectivity index (χ4n) is 2.52. The zero-order chi connectivity index (χ0) is 19.1. The summed E-state index contributed by atoms with van der Waals surface area (Å²) < 4.78 is 5.10. The van der Waals surface area contributed by atoms with Crippen LogP contribution in [-0.4, -0.2) is 41.6 Å². The minimum Gasteiger partial charge on any atom is -0.481 e. The largest absolute Gasteiger partial charge is 0.481 e. The van der Waals surface area contributed by atoms with Gasteiger partial charge in [0.1, 0.15) is 6.54 Å². The fraction of sp³-hybridized carbons (Fsp3) is 0.500. The lowest BCUT2D eigenvalue weighted by atomic mass is 9.88. The average molecular weight is 350 g/mol. The number of carbonyl (C=O) groups excluding carboxylic acids is 2. The van der Waals surface area contributed by atoms with Gasteiger partial charge in [-0.05, 0) is 31.9 Å². The van der Waals surface area contributed by atoms with E-state index in [2.05, 4.69) is 0 Å². The molecule has 0 aliphatic carbocycles. The van der Waals surface area contributed by atoms with Gasteiger partial charge in [0.15, 0.2) is 0 Å². The Hall–Kier alpha value is -2.41. The van der Waals surface area contributed by atoms with Crippen molar-refractivity contribution in [1.29, 1.82) is 0 Å². The number of carboxylic acids is 1. The number of nitrogens with zero attached hydrogens (tertiary/aromatic N) is 1. The second kappa shape index (κ2) is 9.17. The van der Waals surface area contributed by atoms with Gasteiger partial charge in [-0.15, -0.1) is 0 Å². The highest BCUT2D eigenvalue weighted by Crippen LogP contribution is 2.20. The van der Waals surface area contributed by atoms with Crippen LogP contribution in [0.5, 0.6) is 0 Å². The topological polar surface area (TPSA) is 110 Å². The number of anilines is 1. The molecule has 138 valence electrons. The van der Waals surface area contributed by atoms with Gasteiger partial charge in [0, 0.05) is 5.69 Å². The Morgan fingerprint density at radius 3 is 2.12 bits per heavy atom. The Morgan fingerprint density at radius 2 is 1.68 bits per heavy atom. The second-order valence-electron chi connectivity index (χ2n) is 6.43. The number of carboxylic acid groups (broad SMARTS) is 1. The van der Waals surface area contributed by atoms with Gasteiger partial charge in [-0.1, -0.05) is 32.0 Å². The van der Waals surface area contributed by atoms with E-state index >= 15 is 0 Å². The molecule has 1 unspecified atom stereocenters. The normalized spacial score (nSPS) is 13.4. The highest BCUT2D eigenvalue weighted by molar-refractivity contribution is 6.02. The molecule has 0 heterocycles. The van der Waals surface area contributed by atoms with E-state index in [1.807, 2.05) is 0 Å². The van der Waals surface area contributed by atoms with Crippen molar-refractivity contribution in [3.8, 4) is 0 Å². The monoisotopic (exact) mass is 350 g/mol. The molecule has 0 saturated carbocycles. The number of rotatable bonds is 8. The van der Waals surface area contributed by atoms with Crippen LogP contribution >= 0.6 is 0 Å². The lowest BCUT2D eigenvalue weighted by Crippen LogP contribution is -2.53. The zero-order valence-corrected chi connectivity index (χ0v) is 15.0. The molecule has 1 amide bonds.